The second-order valence-corrected chi connectivity index (χ2v) is 8.11. The van der Waals surface area contributed by atoms with Gasteiger partial charge in [0.25, 0.3) is 0 Å². The van der Waals surface area contributed by atoms with Crippen LogP contribution >= 0.6 is 0 Å². The highest BCUT2D eigenvalue weighted by atomic mass is 32.2. The maximum Gasteiger partial charge on any atom is 0.192 e. The second kappa shape index (κ2) is 8.39. The summed E-state index contributed by atoms with van der Waals surface area (Å²) >= 11 is 0. The third-order valence-corrected chi connectivity index (χ3v) is 5.80. The monoisotopic (exact) mass is 327 g/mol. The van der Waals surface area contributed by atoms with Gasteiger partial charge in [-0.1, -0.05) is 5.92 Å². The van der Waals surface area contributed by atoms with E-state index in [1.165, 1.54) is 6.42 Å². The van der Waals surface area contributed by atoms with Crippen molar-refractivity contribution in [2.24, 2.45) is 10.9 Å². The van der Waals surface area contributed by atoms with Gasteiger partial charge in [-0.3, -0.25) is 4.99 Å². The number of nitrogens with zero attached hydrogens (tertiary/aromatic N) is 1. The maximum absolute atomic E-state index is 11.5. The van der Waals surface area contributed by atoms with Gasteiger partial charge in [0.15, 0.2) is 15.8 Å². The van der Waals surface area contributed by atoms with E-state index in [-0.39, 0.29) is 23.5 Å². The van der Waals surface area contributed by atoms with Crippen molar-refractivity contribution in [1.82, 2.24) is 10.6 Å². The number of hydrogen-bond acceptors (Lipinski definition) is 4. The Hall–Kier alpha value is -1.26. The second-order valence-electron chi connectivity index (χ2n) is 5.89. The average molecular weight is 327 g/mol. The number of guanidine groups is 1. The Labute approximate surface area is 133 Å². The van der Waals surface area contributed by atoms with E-state index in [0.717, 1.165) is 19.4 Å². The fourth-order valence-electron chi connectivity index (χ4n) is 2.72. The van der Waals surface area contributed by atoms with Crippen LogP contribution in [0.5, 0.6) is 0 Å². The van der Waals surface area contributed by atoms with Crippen LogP contribution < -0.4 is 10.6 Å². The molecular weight excluding hydrogens is 302 g/mol. The minimum atomic E-state index is -2.85. The van der Waals surface area contributed by atoms with Gasteiger partial charge >= 0.3 is 0 Å². The van der Waals surface area contributed by atoms with E-state index < -0.39 is 9.84 Å². The minimum Gasteiger partial charge on any atom is -0.376 e. The van der Waals surface area contributed by atoms with Gasteiger partial charge in [-0.2, -0.15) is 0 Å². The highest BCUT2D eigenvalue weighted by molar-refractivity contribution is 7.91. The van der Waals surface area contributed by atoms with E-state index in [0.29, 0.717) is 32.0 Å². The number of ether oxygens (including phenoxy) is 1. The smallest absolute Gasteiger partial charge is 0.192 e. The number of sulfone groups is 1. The van der Waals surface area contributed by atoms with Crippen molar-refractivity contribution in [2.45, 2.75) is 31.8 Å². The van der Waals surface area contributed by atoms with Gasteiger partial charge in [-0.25, -0.2) is 8.42 Å². The lowest BCUT2D eigenvalue weighted by molar-refractivity contribution is 0.0194. The van der Waals surface area contributed by atoms with Gasteiger partial charge in [0.05, 0.1) is 24.2 Å². The van der Waals surface area contributed by atoms with Crippen molar-refractivity contribution >= 4 is 15.8 Å². The van der Waals surface area contributed by atoms with Crippen LogP contribution in [0.15, 0.2) is 4.99 Å². The molecule has 0 amide bonds. The zero-order valence-corrected chi connectivity index (χ0v) is 13.7. The molecule has 0 aromatic carbocycles. The first-order valence-corrected chi connectivity index (χ1v) is 9.69. The van der Waals surface area contributed by atoms with Crippen LogP contribution in [0.25, 0.3) is 0 Å². The molecule has 0 saturated carbocycles. The molecule has 0 aromatic heterocycles. The summed E-state index contributed by atoms with van der Waals surface area (Å²) in [6.07, 6.45) is 9.54. The number of rotatable bonds is 5. The van der Waals surface area contributed by atoms with E-state index in [4.69, 9.17) is 11.2 Å². The molecule has 2 unspecified atom stereocenters. The average Bonchev–Trinajstić information content (AvgIpc) is 2.87. The third kappa shape index (κ3) is 5.85. The number of hydrogen-bond donors (Lipinski definition) is 2. The van der Waals surface area contributed by atoms with Crippen LogP contribution in [0.1, 0.15) is 25.7 Å². The summed E-state index contributed by atoms with van der Waals surface area (Å²) < 4.78 is 28.6. The molecule has 2 heterocycles. The standard InChI is InChI=1S/C15H25N3O3S/c1-2-7-16-15(18-11-14-5-3-4-8-21-14)17-10-13-6-9-22(19,20)12-13/h1,13-14H,3-12H2,(H2,16,17,18). The van der Waals surface area contributed by atoms with Gasteiger partial charge in [-0.15, -0.1) is 6.42 Å². The molecule has 2 aliphatic rings. The molecular formula is C15H25N3O3S. The van der Waals surface area contributed by atoms with Crippen LogP contribution in [0, 0.1) is 18.3 Å². The minimum absolute atomic E-state index is 0.111. The maximum atomic E-state index is 11.5. The molecule has 2 N–H and O–H groups in total. The van der Waals surface area contributed by atoms with Crippen molar-refractivity contribution in [3.8, 4) is 12.3 Å². The highest BCUT2D eigenvalue weighted by Gasteiger charge is 2.27. The van der Waals surface area contributed by atoms with Gasteiger partial charge in [0.1, 0.15) is 0 Å². The lowest BCUT2D eigenvalue weighted by Gasteiger charge is -2.23. The quantitative estimate of drug-likeness (QED) is 0.427. The normalized spacial score (nSPS) is 28.0. The zero-order valence-electron chi connectivity index (χ0n) is 12.9. The first-order chi connectivity index (χ1) is 10.6. The molecule has 0 spiro atoms. The topological polar surface area (TPSA) is 79.8 Å². The van der Waals surface area contributed by atoms with Crippen molar-refractivity contribution in [3.05, 3.63) is 0 Å². The molecule has 7 heteroatoms. The number of nitrogens with one attached hydrogen (secondary N) is 2. The van der Waals surface area contributed by atoms with Gasteiger partial charge in [0.2, 0.25) is 0 Å². The molecule has 6 nitrogen and oxygen atoms in total. The SMILES string of the molecule is C#CCNC(=NCC1CCS(=O)(=O)C1)NCC1CCCCO1. The van der Waals surface area contributed by atoms with Crippen molar-refractivity contribution < 1.29 is 13.2 Å². The van der Waals surface area contributed by atoms with Crippen LogP contribution in [-0.4, -0.2) is 58.2 Å². The van der Waals surface area contributed by atoms with Crippen molar-refractivity contribution in [3.63, 3.8) is 0 Å². The summed E-state index contributed by atoms with van der Waals surface area (Å²) in [4.78, 5) is 4.47. The Balaban J connectivity index is 1.82. The largest absolute Gasteiger partial charge is 0.376 e. The van der Waals surface area contributed by atoms with Crippen LogP contribution in [-0.2, 0) is 14.6 Å². The zero-order chi connectivity index (χ0) is 15.8. The molecule has 0 bridgehead atoms. The first kappa shape index (κ1) is 17.1. The fourth-order valence-corrected chi connectivity index (χ4v) is 4.57. The molecule has 22 heavy (non-hydrogen) atoms. The highest BCUT2D eigenvalue weighted by Crippen LogP contribution is 2.18. The predicted octanol–water partition coefficient (Wildman–Crippen LogP) is 0.159. The molecule has 2 aliphatic heterocycles. The molecule has 0 aromatic rings. The molecule has 2 atom stereocenters. The van der Waals surface area contributed by atoms with Crippen molar-refractivity contribution in [2.75, 3.05) is 37.7 Å². The molecule has 0 radical (unpaired) electrons. The molecule has 0 aliphatic carbocycles. The Morgan fingerprint density at radius 1 is 1.32 bits per heavy atom. The predicted molar refractivity (Wildman–Crippen MR) is 87.5 cm³/mol. The lowest BCUT2D eigenvalue weighted by atomic mass is 10.1. The fraction of sp³-hybridized carbons (Fsp3) is 0.800. The number of aliphatic imine (C=N–C) groups is 1. The lowest BCUT2D eigenvalue weighted by Crippen LogP contribution is -2.43. The van der Waals surface area contributed by atoms with Gasteiger partial charge in [0, 0.05) is 19.7 Å². The summed E-state index contributed by atoms with van der Waals surface area (Å²) in [5, 5.41) is 6.29. The van der Waals surface area contributed by atoms with Crippen LogP contribution in [0.2, 0.25) is 0 Å². The van der Waals surface area contributed by atoms with Crippen LogP contribution in [0.4, 0.5) is 0 Å². The van der Waals surface area contributed by atoms with Crippen LogP contribution in [0.3, 0.4) is 0 Å². The number of terminal acetylenes is 1. The van der Waals surface area contributed by atoms with E-state index in [1.54, 1.807) is 0 Å². The molecule has 2 saturated heterocycles. The Kier molecular flexibility index (Phi) is 6.52. The first-order valence-electron chi connectivity index (χ1n) is 7.87. The Morgan fingerprint density at radius 2 is 2.18 bits per heavy atom. The van der Waals surface area contributed by atoms with Gasteiger partial charge < -0.3 is 15.4 Å². The summed E-state index contributed by atoms with van der Waals surface area (Å²) in [6, 6.07) is 0. The van der Waals surface area contributed by atoms with E-state index in [1.807, 2.05) is 0 Å². The van der Waals surface area contributed by atoms with E-state index in [9.17, 15) is 8.42 Å². The van der Waals surface area contributed by atoms with Gasteiger partial charge in [-0.05, 0) is 31.6 Å². The molecule has 2 fully saturated rings. The Bertz CT molecular complexity index is 519. The molecule has 2 rings (SSSR count). The van der Waals surface area contributed by atoms with E-state index >= 15 is 0 Å². The Morgan fingerprint density at radius 3 is 2.82 bits per heavy atom. The molecule has 124 valence electrons. The summed E-state index contributed by atoms with van der Waals surface area (Å²) in [5.41, 5.74) is 0. The van der Waals surface area contributed by atoms with E-state index in [2.05, 4.69) is 21.5 Å². The summed E-state index contributed by atoms with van der Waals surface area (Å²) in [7, 11) is -2.85. The van der Waals surface area contributed by atoms with Crippen molar-refractivity contribution in [1.29, 1.82) is 0 Å². The third-order valence-electron chi connectivity index (χ3n) is 3.96. The summed E-state index contributed by atoms with van der Waals surface area (Å²) in [5.74, 6) is 3.79. The summed E-state index contributed by atoms with van der Waals surface area (Å²) in [6.45, 7) is 2.40.